The summed E-state index contributed by atoms with van der Waals surface area (Å²) in [5.74, 6) is 0. The predicted molar refractivity (Wildman–Crippen MR) is 89.4 cm³/mol. The molecule has 0 aliphatic rings. The van der Waals surface area contributed by atoms with Gasteiger partial charge in [0.1, 0.15) is 0 Å². The van der Waals surface area contributed by atoms with Crippen molar-refractivity contribution in [3.8, 4) is 0 Å². The predicted octanol–water partition coefficient (Wildman–Crippen LogP) is 4.06. The molecular weight excluding hydrogens is 256 g/mol. The maximum absolute atomic E-state index is 4.49. The molecule has 1 N–H and O–H groups in total. The lowest BCUT2D eigenvalue weighted by Gasteiger charge is -2.15. The molecule has 1 heterocycles. The summed E-state index contributed by atoms with van der Waals surface area (Å²) in [6.07, 6.45) is 5.20. The molecule has 2 heteroatoms. The number of nitrogens with zero attached hydrogens (tertiary/aromatic N) is 1. The Balaban J connectivity index is 1.81. The van der Waals surface area contributed by atoms with Crippen LogP contribution in [0, 0.1) is 6.92 Å². The summed E-state index contributed by atoms with van der Waals surface area (Å²) < 4.78 is 0. The fourth-order valence-electron chi connectivity index (χ4n) is 2.58. The molecule has 0 fully saturated rings. The van der Waals surface area contributed by atoms with Crippen molar-refractivity contribution >= 4 is 0 Å². The van der Waals surface area contributed by atoms with E-state index < -0.39 is 0 Å². The van der Waals surface area contributed by atoms with Crippen molar-refractivity contribution in [2.24, 2.45) is 0 Å². The normalized spacial score (nSPS) is 12.3. The highest BCUT2D eigenvalue weighted by atomic mass is 14.9. The molecule has 21 heavy (non-hydrogen) atoms. The minimum absolute atomic E-state index is 0.497. The maximum atomic E-state index is 4.49. The highest BCUT2D eigenvalue weighted by Gasteiger charge is 2.05. The second-order valence-corrected chi connectivity index (χ2v) is 5.77. The summed E-state index contributed by atoms with van der Waals surface area (Å²) >= 11 is 0. The van der Waals surface area contributed by atoms with Crippen LogP contribution in [0.15, 0.2) is 42.6 Å². The summed E-state index contributed by atoms with van der Waals surface area (Å²) in [6.45, 7) is 7.45. The van der Waals surface area contributed by atoms with Gasteiger partial charge < -0.3 is 5.32 Å². The quantitative estimate of drug-likeness (QED) is 0.828. The first-order valence-electron chi connectivity index (χ1n) is 7.90. The lowest BCUT2D eigenvalue weighted by Crippen LogP contribution is -2.27. The monoisotopic (exact) mass is 282 g/mol. The Hall–Kier alpha value is -1.67. The molecule has 0 spiro atoms. The first kappa shape index (κ1) is 15.7. The largest absolute Gasteiger partial charge is 0.309 e. The van der Waals surface area contributed by atoms with Gasteiger partial charge in [-0.1, -0.05) is 42.8 Å². The Morgan fingerprint density at radius 2 is 2.05 bits per heavy atom. The summed E-state index contributed by atoms with van der Waals surface area (Å²) in [6, 6.07) is 13.5. The molecule has 2 nitrogen and oxygen atoms in total. The number of rotatable bonds is 7. The first-order valence-corrected chi connectivity index (χ1v) is 7.90. The third kappa shape index (κ3) is 4.98. The van der Waals surface area contributed by atoms with Crippen LogP contribution in [0.3, 0.4) is 0 Å². The number of nitrogens with one attached hydrogen (secondary N) is 1. The van der Waals surface area contributed by atoms with Crippen LogP contribution in [0.25, 0.3) is 0 Å². The standard InChI is InChI=1S/C19H26N2/c1-4-18-9-6-12-20-19(18)14-21-16(3)10-11-17-8-5-7-15(2)13-17/h5-9,12-13,16,21H,4,10-11,14H2,1-3H3. The molecule has 1 unspecified atom stereocenters. The highest BCUT2D eigenvalue weighted by Crippen LogP contribution is 2.09. The molecule has 0 amide bonds. The highest BCUT2D eigenvalue weighted by molar-refractivity contribution is 5.22. The number of benzene rings is 1. The smallest absolute Gasteiger partial charge is 0.0573 e. The van der Waals surface area contributed by atoms with Crippen LogP contribution < -0.4 is 5.32 Å². The second kappa shape index (κ2) is 7.94. The van der Waals surface area contributed by atoms with Crippen molar-refractivity contribution in [1.29, 1.82) is 0 Å². The zero-order chi connectivity index (χ0) is 15.1. The van der Waals surface area contributed by atoms with Crippen LogP contribution in [0.2, 0.25) is 0 Å². The Kier molecular flexibility index (Phi) is 5.94. The van der Waals surface area contributed by atoms with E-state index in [1.807, 2.05) is 12.3 Å². The van der Waals surface area contributed by atoms with Crippen molar-refractivity contribution < 1.29 is 0 Å². The van der Waals surface area contributed by atoms with Crippen LogP contribution in [0.4, 0.5) is 0 Å². The van der Waals surface area contributed by atoms with Gasteiger partial charge >= 0.3 is 0 Å². The van der Waals surface area contributed by atoms with Crippen molar-refractivity contribution in [3.05, 3.63) is 65.0 Å². The summed E-state index contributed by atoms with van der Waals surface area (Å²) in [5, 5.41) is 3.60. The zero-order valence-electron chi connectivity index (χ0n) is 13.4. The SMILES string of the molecule is CCc1cccnc1CNC(C)CCc1cccc(C)c1. The number of aromatic nitrogens is 1. The van der Waals surface area contributed by atoms with Crippen LogP contribution >= 0.6 is 0 Å². The van der Waals surface area contributed by atoms with E-state index in [1.54, 1.807) is 0 Å². The van der Waals surface area contributed by atoms with Gasteiger partial charge in [0.2, 0.25) is 0 Å². The molecule has 0 saturated heterocycles. The van der Waals surface area contributed by atoms with E-state index >= 15 is 0 Å². The van der Waals surface area contributed by atoms with Crippen molar-refractivity contribution in [2.75, 3.05) is 0 Å². The molecule has 0 radical (unpaired) electrons. The lowest BCUT2D eigenvalue weighted by atomic mass is 10.0. The Bertz CT molecular complexity index is 563. The Labute approximate surface area is 128 Å². The Morgan fingerprint density at radius 3 is 2.81 bits per heavy atom. The number of hydrogen-bond donors (Lipinski definition) is 1. The fraction of sp³-hybridized carbons (Fsp3) is 0.421. The van der Waals surface area contributed by atoms with Gasteiger partial charge in [0.05, 0.1) is 5.69 Å². The number of aryl methyl sites for hydroxylation is 3. The van der Waals surface area contributed by atoms with E-state index in [4.69, 9.17) is 0 Å². The van der Waals surface area contributed by atoms with Gasteiger partial charge in [0.25, 0.3) is 0 Å². The van der Waals surface area contributed by atoms with E-state index in [0.29, 0.717) is 6.04 Å². The zero-order valence-corrected chi connectivity index (χ0v) is 13.4. The number of pyridine rings is 1. The van der Waals surface area contributed by atoms with Gasteiger partial charge in [-0.05, 0) is 50.3 Å². The summed E-state index contributed by atoms with van der Waals surface area (Å²) in [5.41, 5.74) is 5.29. The van der Waals surface area contributed by atoms with E-state index in [-0.39, 0.29) is 0 Å². The molecule has 2 aromatic rings. The molecule has 0 aliphatic carbocycles. The molecule has 0 bridgehead atoms. The second-order valence-electron chi connectivity index (χ2n) is 5.77. The summed E-state index contributed by atoms with van der Waals surface area (Å²) in [4.78, 5) is 4.49. The molecular formula is C19H26N2. The molecule has 1 aromatic carbocycles. The average Bonchev–Trinajstić information content (AvgIpc) is 2.51. The van der Waals surface area contributed by atoms with Crippen molar-refractivity contribution in [3.63, 3.8) is 0 Å². The maximum Gasteiger partial charge on any atom is 0.0573 e. The topological polar surface area (TPSA) is 24.9 Å². The first-order chi connectivity index (χ1) is 10.2. The summed E-state index contributed by atoms with van der Waals surface area (Å²) in [7, 11) is 0. The van der Waals surface area contributed by atoms with E-state index in [2.05, 4.69) is 61.4 Å². The van der Waals surface area contributed by atoms with Gasteiger partial charge in [-0.25, -0.2) is 0 Å². The van der Waals surface area contributed by atoms with E-state index in [0.717, 1.165) is 25.8 Å². The third-order valence-electron chi connectivity index (χ3n) is 3.93. The molecule has 1 aromatic heterocycles. The van der Waals surface area contributed by atoms with Crippen LogP contribution in [0.5, 0.6) is 0 Å². The molecule has 1 atom stereocenters. The molecule has 0 saturated carbocycles. The van der Waals surface area contributed by atoms with Crippen LogP contribution in [-0.2, 0) is 19.4 Å². The number of hydrogen-bond acceptors (Lipinski definition) is 2. The van der Waals surface area contributed by atoms with Crippen molar-refractivity contribution in [2.45, 2.75) is 52.6 Å². The molecule has 2 rings (SSSR count). The van der Waals surface area contributed by atoms with Gasteiger partial charge in [0.15, 0.2) is 0 Å². The molecule has 0 aliphatic heterocycles. The lowest BCUT2D eigenvalue weighted by molar-refractivity contribution is 0.508. The van der Waals surface area contributed by atoms with Gasteiger partial charge in [0, 0.05) is 18.8 Å². The fourth-order valence-corrected chi connectivity index (χ4v) is 2.58. The van der Waals surface area contributed by atoms with Crippen LogP contribution in [-0.4, -0.2) is 11.0 Å². The third-order valence-corrected chi connectivity index (χ3v) is 3.93. The van der Waals surface area contributed by atoms with Gasteiger partial charge in [-0.15, -0.1) is 0 Å². The minimum atomic E-state index is 0.497. The average molecular weight is 282 g/mol. The van der Waals surface area contributed by atoms with E-state index in [9.17, 15) is 0 Å². The van der Waals surface area contributed by atoms with Gasteiger partial charge in [-0.3, -0.25) is 4.98 Å². The van der Waals surface area contributed by atoms with Crippen molar-refractivity contribution in [1.82, 2.24) is 10.3 Å². The Morgan fingerprint density at radius 1 is 1.19 bits per heavy atom. The van der Waals surface area contributed by atoms with E-state index in [1.165, 1.54) is 22.4 Å². The van der Waals surface area contributed by atoms with Crippen LogP contribution in [0.1, 0.15) is 42.7 Å². The minimum Gasteiger partial charge on any atom is -0.309 e. The molecule has 112 valence electrons. The van der Waals surface area contributed by atoms with Gasteiger partial charge in [-0.2, -0.15) is 0 Å².